The Hall–Kier alpha value is -1.55. The second-order valence-electron chi connectivity index (χ2n) is 5.54. The first-order valence-electron chi connectivity index (χ1n) is 7.33. The molecule has 2 atom stereocenters. The molecule has 0 radical (unpaired) electrons. The Morgan fingerprint density at radius 1 is 1.25 bits per heavy atom. The Morgan fingerprint density at radius 3 is 2.35 bits per heavy atom. The molecular formula is C16H24N2O2. The molecule has 2 rings (SSSR count). The third-order valence-electron chi connectivity index (χ3n) is 4.27. The van der Waals surface area contributed by atoms with Crippen molar-refractivity contribution in [1.29, 1.82) is 0 Å². The molecule has 0 saturated carbocycles. The lowest BCUT2D eigenvalue weighted by atomic mass is 9.89. The number of carboxylic acids is 1. The number of nitrogens with zero attached hydrogens (tertiary/aromatic N) is 2. The van der Waals surface area contributed by atoms with Crippen LogP contribution in [-0.2, 0) is 4.79 Å². The van der Waals surface area contributed by atoms with Crippen molar-refractivity contribution < 1.29 is 9.90 Å². The number of carboxylic acid groups (broad SMARTS) is 1. The summed E-state index contributed by atoms with van der Waals surface area (Å²) in [4.78, 5) is 15.8. The Kier molecular flexibility index (Phi) is 4.65. The van der Waals surface area contributed by atoms with Crippen molar-refractivity contribution in [2.75, 3.05) is 38.1 Å². The van der Waals surface area contributed by atoms with Crippen molar-refractivity contribution in [1.82, 2.24) is 4.90 Å². The van der Waals surface area contributed by atoms with E-state index >= 15 is 0 Å². The second kappa shape index (κ2) is 6.27. The lowest BCUT2D eigenvalue weighted by Crippen LogP contribution is -2.22. The molecule has 4 nitrogen and oxygen atoms in total. The van der Waals surface area contributed by atoms with Gasteiger partial charge in [0.1, 0.15) is 0 Å². The first-order chi connectivity index (χ1) is 9.56. The van der Waals surface area contributed by atoms with Crippen LogP contribution in [0.5, 0.6) is 0 Å². The first kappa shape index (κ1) is 14.9. The SMILES string of the molecule is CCN(CC)c1ccc(C2CN(C)CC2C(=O)O)cc1. The number of anilines is 1. The molecule has 1 aliphatic heterocycles. The number of rotatable bonds is 5. The standard InChI is InChI=1S/C16H24N2O2/c1-4-18(5-2)13-8-6-12(7-9-13)14-10-17(3)11-15(14)16(19)20/h6-9,14-15H,4-5,10-11H2,1-3H3,(H,19,20). The van der Waals surface area contributed by atoms with Crippen LogP contribution >= 0.6 is 0 Å². The van der Waals surface area contributed by atoms with Crippen molar-refractivity contribution in [3.05, 3.63) is 29.8 Å². The summed E-state index contributed by atoms with van der Waals surface area (Å²) in [5.41, 5.74) is 2.34. The summed E-state index contributed by atoms with van der Waals surface area (Å²) < 4.78 is 0. The van der Waals surface area contributed by atoms with E-state index in [0.29, 0.717) is 6.54 Å². The van der Waals surface area contributed by atoms with Gasteiger partial charge in [-0.1, -0.05) is 12.1 Å². The summed E-state index contributed by atoms with van der Waals surface area (Å²) >= 11 is 0. The second-order valence-corrected chi connectivity index (χ2v) is 5.54. The average molecular weight is 276 g/mol. The minimum Gasteiger partial charge on any atom is -0.481 e. The fourth-order valence-corrected chi connectivity index (χ4v) is 3.11. The van der Waals surface area contributed by atoms with Crippen LogP contribution in [0, 0.1) is 5.92 Å². The van der Waals surface area contributed by atoms with Crippen molar-refractivity contribution in [3.63, 3.8) is 0 Å². The minimum absolute atomic E-state index is 0.100. The molecule has 20 heavy (non-hydrogen) atoms. The van der Waals surface area contributed by atoms with Gasteiger partial charge in [0, 0.05) is 37.8 Å². The van der Waals surface area contributed by atoms with Crippen molar-refractivity contribution in [2.45, 2.75) is 19.8 Å². The van der Waals surface area contributed by atoms with Gasteiger partial charge >= 0.3 is 5.97 Å². The summed E-state index contributed by atoms with van der Waals surface area (Å²) in [6.45, 7) is 7.71. The molecule has 110 valence electrons. The highest BCUT2D eigenvalue weighted by Crippen LogP contribution is 2.33. The van der Waals surface area contributed by atoms with Gasteiger partial charge in [0.25, 0.3) is 0 Å². The van der Waals surface area contributed by atoms with Crippen LogP contribution < -0.4 is 4.90 Å². The molecule has 0 spiro atoms. The maximum Gasteiger partial charge on any atom is 0.308 e. The van der Waals surface area contributed by atoms with Gasteiger partial charge in [-0.05, 0) is 38.6 Å². The Morgan fingerprint density at radius 2 is 1.85 bits per heavy atom. The van der Waals surface area contributed by atoms with Gasteiger partial charge in [-0.2, -0.15) is 0 Å². The Bertz CT molecular complexity index is 454. The van der Waals surface area contributed by atoms with E-state index in [1.54, 1.807) is 0 Å². The molecule has 1 N–H and O–H groups in total. The van der Waals surface area contributed by atoms with Gasteiger partial charge in [-0.15, -0.1) is 0 Å². The number of likely N-dealkylation sites (tertiary alicyclic amines) is 1. The van der Waals surface area contributed by atoms with E-state index in [4.69, 9.17) is 0 Å². The zero-order valence-corrected chi connectivity index (χ0v) is 12.5. The molecule has 0 bridgehead atoms. The fourth-order valence-electron chi connectivity index (χ4n) is 3.11. The molecule has 0 amide bonds. The average Bonchev–Trinajstić information content (AvgIpc) is 2.83. The highest BCUT2D eigenvalue weighted by molar-refractivity contribution is 5.72. The Balaban J connectivity index is 2.19. The Labute approximate surface area is 121 Å². The minimum atomic E-state index is -0.688. The lowest BCUT2D eigenvalue weighted by molar-refractivity contribution is -0.141. The lowest BCUT2D eigenvalue weighted by Gasteiger charge is -2.22. The normalized spacial score (nSPS) is 22.9. The van der Waals surface area contributed by atoms with Crippen LogP contribution in [0.4, 0.5) is 5.69 Å². The summed E-state index contributed by atoms with van der Waals surface area (Å²) in [7, 11) is 1.99. The summed E-state index contributed by atoms with van der Waals surface area (Å²) in [5, 5.41) is 9.35. The largest absolute Gasteiger partial charge is 0.481 e. The van der Waals surface area contributed by atoms with Crippen LogP contribution in [-0.4, -0.2) is 49.2 Å². The van der Waals surface area contributed by atoms with E-state index in [2.05, 4.69) is 47.9 Å². The molecule has 0 aromatic heterocycles. The predicted octanol–water partition coefficient (Wildman–Crippen LogP) is 2.26. The van der Waals surface area contributed by atoms with Gasteiger partial charge in [0.05, 0.1) is 5.92 Å². The molecule has 1 fully saturated rings. The van der Waals surface area contributed by atoms with Gasteiger partial charge in [-0.25, -0.2) is 0 Å². The zero-order chi connectivity index (χ0) is 14.7. The molecular weight excluding hydrogens is 252 g/mol. The van der Waals surface area contributed by atoms with Crippen LogP contribution in [0.3, 0.4) is 0 Å². The van der Waals surface area contributed by atoms with E-state index < -0.39 is 5.97 Å². The molecule has 2 unspecified atom stereocenters. The summed E-state index contributed by atoms with van der Waals surface area (Å²) in [6, 6.07) is 8.40. The maximum absolute atomic E-state index is 11.4. The molecule has 1 saturated heterocycles. The highest BCUT2D eigenvalue weighted by atomic mass is 16.4. The molecule has 0 aliphatic carbocycles. The van der Waals surface area contributed by atoms with E-state index in [0.717, 1.165) is 25.2 Å². The molecule has 4 heteroatoms. The molecule has 1 aromatic carbocycles. The van der Waals surface area contributed by atoms with Gasteiger partial charge in [0.15, 0.2) is 0 Å². The van der Waals surface area contributed by atoms with E-state index in [-0.39, 0.29) is 11.8 Å². The third-order valence-corrected chi connectivity index (χ3v) is 4.27. The molecule has 1 aliphatic rings. The number of benzene rings is 1. The topological polar surface area (TPSA) is 43.8 Å². The zero-order valence-electron chi connectivity index (χ0n) is 12.5. The monoisotopic (exact) mass is 276 g/mol. The van der Waals surface area contributed by atoms with Crippen molar-refractivity contribution >= 4 is 11.7 Å². The summed E-state index contributed by atoms with van der Waals surface area (Å²) in [5.74, 6) is -0.880. The van der Waals surface area contributed by atoms with Gasteiger partial charge in [-0.3, -0.25) is 4.79 Å². The van der Waals surface area contributed by atoms with Crippen molar-refractivity contribution in [2.24, 2.45) is 5.92 Å². The van der Waals surface area contributed by atoms with E-state index in [1.165, 1.54) is 5.69 Å². The quantitative estimate of drug-likeness (QED) is 0.896. The number of hydrogen-bond donors (Lipinski definition) is 1. The van der Waals surface area contributed by atoms with Gasteiger partial charge in [0.2, 0.25) is 0 Å². The maximum atomic E-state index is 11.4. The number of likely N-dealkylation sites (N-methyl/N-ethyl adjacent to an activating group) is 1. The van der Waals surface area contributed by atoms with E-state index in [1.807, 2.05) is 7.05 Å². The summed E-state index contributed by atoms with van der Waals surface area (Å²) in [6.07, 6.45) is 0. The number of aliphatic carboxylic acids is 1. The number of carbonyl (C=O) groups is 1. The van der Waals surface area contributed by atoms with Crippen molar-refractivity contribution in [3.8, 4) is 0 Å². The molecule has 1 aromatic rings. The van der Waals surface area contributed by atoms with Crippen LogP contribution in [0.15, 0.2) is 24.3 Å². The predicted molar refractivity (Wildman–Crippen MR) is 81.4 cm³/mol. The van der Waals surface area contributed by atoms with Crippen LogP contribution in [0.25, 0.3) is 0 Å². The fraction of sp³-hybridized carbons (Fsp3) is 0.562. The van der Waals surface area contributed by atoms with E-state index in [9.17, 15) is 9.90 Å². The molecule has 1 heterocycles. The van der Waals surface area contributed by atoms with Gasteiger partial charge < -0.3 is 14.9 Å². The van der Waals surface area contributed by atoms with Crippen LogP contribution in [0.2, 0.25) is 0 Å². The third kappa shape index (κ3) is 2.96. The highest BCUT2D eigenvalue weighted by Gasteiger charge is 2.36. The smallest absolute Gasteiger partial charge is 0.308 e. The van der Waals surface area contributed by atoms with Crippen LogP contribution in [0.1, 0.15) is 25.3 Å². The number of hydrogen-bond acceptors (Lipinski definition) is 3. The first-order valence-corrected chi connectivity index (χ1v) is 7.33.